The molecular weight excluding hydrogens is 358 g/mol. The lowest BCUT2D eigenvalue weighted by atomic mass is 10.1. The number of para-hydroxylation sites is 1. The van der Waals surface area contributed by atoms with Gasteiger partial charge in [-0.2, -0.15) is 0 Å². The third-order valence-corrected chi connectivity index (χ3v) is 3.99. The lowest BCUT2D eigenvalue weighted by Gasteiger charge is -2.19. The molecule has 0 amide bonds. The summed E-state index contributed by atoms with van der Waals surface area (Å²) in [5.41, 5.74) is 1.11. The number of ether oxygens (including phenoxy) is 1. The summed E-state index contributed by atoms with van der Waals surface area (Å²) < 4.78 is 5.82. The largest absolute Gasteiger partial charge is 0.497 e. The van der Waals surface area contributed by atoms with E-state index in [9.17, 15) is 9.90 Å². The van der Waals surface area contributed by atoms with E-state index in [0.717, 1.165) is 0 Å². The molecule has 0 fully saturated rings. The lowest BCUT2D eigenvalue weighted by molar-refractivity contribution is -0.138. The summed E-state index contributed by atoms with van der Waals surface area (Å²) in [6.07, 6.45) is 0. The molecule has 0 radical (unpaired) electrons. The van der Waals surface area contributed by atoms with Gasteiger partial charge in [0.1, 0.15) is 5.75 Å². The molecule has 1 atom stereocenters. The summed E-state index contributed by atoms with van der Waals surface area (Å²) in [6.45, 7) is 0. The van der Waals surface area contributed by atoms with E-state index >= 15 is 0 Å². The molecule has 0 aliphatic heterocycles. The Kier molecular flexibility index (Phi) is 5.09. The van der Waals surface area contributed by atoms with Crippen molar-refractivity contribution >= 4 is 39.2 Å². The van der Waals surface area contributed by atoms with Crippen LogP contribution in [0.15, 0.2) is 46.9 Å². The molecule has 0 bridgehead atoms. The number of carboxylic acids is 1. The van der Waals surface area contributed by atoms with Crippen LogP contribution in [0.3, 0.4) is 0 Å². The Labute approximate surface area is 135 Å². The fraction of sp³-hybridized carbons (Fsp3) is 0.133. The van der Waals surface area contributed by atoms with Crippen LogP contribution in [0.25, 0.3) is 0 Å². The van der Waals surface area contributed by atoms with E-state index in [1.54, 1.807) is 42.5 Å². The van der Waals surface area contributed by atoms with Crippen molar-refractivity contribution in [2.24, 2.45) is 0 Å². The number of hydrogen-bond acceptors (Lipinski definition) is 3. The van der Waals surface area contributed by atoms with Gasteiger partial charge in [0.15, 0.2) is 6.04 Å². The fourth-order valence-electron chi connectivity index (χ4n) is 1.88. The van der Waals surface area contributed by atoms with Crippen LogP contribution in [0, 0.1) is 0 Å². The Morgan fingerprint density at radius 3 is 2.67 bits per heavy atom. The van der Waals surface area contributed by atoms with Gasteiger partial charge in [0.05, 0.1) is 17.8 Å². The van der Waals surface area contributed by atoms with E-state index in [1.807, 2.05) is 0 Å². The van der Waals surface area contributed by atoms with Gasteiger partial charge >= 0.3 is 5.97 Å². The van der Waals surface area contributed by atoms with E-state index < -0.39 is 12.0 Å². The zero-order valence-corrected chi connectivity index (χ0v) is 13.5. The highest BCUT2D eigenvalue weighted by molar-refractivity contribution is 9.10. The number of methoxy groups -OCH3 is 1. The van der Waals surface area contributed by atoms with Crippen LogP contribution >= 0.6 is 27.5 Å². The molecule has 110 valence electrons. The molecule has 0 aromatic heterocycles. The molecule has 0 saturated heterocycles. The van der Waals surface area contributed by atoms with Crippen molar-refractivity contribution in [1.29, 1.82) is 0 Å². The third-order valence-electron chi connectivity index (χ3n) is 2.93. The molecule has 0 aliphatic carbocycles. The van der Waals surface area contributed by atoms with E-state index in [-0.39, 0.29) is 0 Å². The SMILES string of the molecule is COc1ccc(Br)c(C(Nc2ccccc2Cl)C(=O)O)c1. The van der Waals surface area contributed by atoms with Crippen molar-refractivity contribution < 1.29 is 14.6 Å². The standard InChI is InChI=1S/C15H13BrClNO3/c1-21-9-6-7-11(16)10(8-9)14(15(19)20)18-13-5-3-2-4-12(13)17/h2-8,14,18H,1H3,(H,19,20). The quantitative estimate of drug-likeness (QED) is 0.821. The first-order chi connectivity index (χ1) is 10.0. The van der Waals surface area contributed by atoms with Crippen LogP contribution in [0.4, 0.5) is 5.69 Å². The highest BCUT2D eigenvalue weighted by Crippen LogP contribution is 2.32. The van der Waals surface area contributed by atoms with Gasteiger partial charge in [-0.05, 0) is 30.3 Å². The number of benzene rings is 2. The van der Waals surface area contributed by atoms with Crippen molar-refractivity contribution in [3.63, 3.8) is 0 Å². The van der Waals surface area contributed by atoms with Gasteiger partial charge in [-0.25, -0.2) is 4.79 Å². The van der Waals surface area contributed by atoms with Gasteiger partial charge in [-0.3, -0.25) is 0 Å². The zero-order chi connectivity index (χ0) is 15.4. The second kappa shape index (κ2) is 6.83. The summed E-state index contributed by atoms with van der Waals surface area (Å²) in [5.74, 6) is -0.427. The second-order valence-corrected chi connectivity index (χ2v) is 5.54. The molecule has 2 aromatic carbocycles. The predicted molar refractivity (Wildman–Crippen MR) is 86.1 cm³/mol. The van der Waals surface area contributed by atoms with Crippen LogP contribution in [-0.4, -0.2) is 18.2 Å². The first-order valence-electron chi connectivity index (χ1n) is 6.10. The third kappa shape index (κ3) is 3.68. The summed E-state index contributed by atoms with van der Waals surface area (Å²) >= 11 is 9.44. The summed E-state index contributed by atoms with van der Waals surface area (Å²) in [5, 5.41) is 12.9. The Bertz CT molecular complexity index is 663. The van der Waals surface area contributed by atoms with Crippen LogP contribution in [0.5, 0.6) is 5.75 Å². The van der Waals surface area contributed by atoms with Crippen LogP contribution in [-0.2, 0) is 4.79 Å². The maximum Gasteiger partial charge on any atom is 0.330 e. The topological polar surface area (TPSA) is 58.6 Å². The molecule has 2 N–H and O–H groups in total. The number of carbonyl (C=O) groups is 1. The number of aliphatic carboxylic acids is 1. The summed E-state index contributed by atoms with van der Waals surface area (Å²) in [7, 11) is 1.53. The fourth-order valence-corrected chi connectivity index (χ4v) is 2.54. The maximum atomic E-state index is 11.6. The zero-order valence-electron chi connectivity index (χ0n) is 11.1. The lowest BCUT2D eigenvalue weighted by Crippen LogP contribution is -2.21. The molecule has 0 aliphatic rings. The molecule has 2 aromatic rings. The van der Waals surface area contributed by atoms with Crippen molar-refractivity contribution in [2.45, 2.75) is 6.04 Å². The van der Waals surface area contributed by atoms with Gasteiger partial charge < -0.3 is 15.2 Å². The van der Waals surface area contributed by atoms with Crippen LogP contribution in [0.2, 0.25) is 5.02 Å². The van der Waals surface area contributed by atoms with Crippen molar-refractivity contribution in [1.82, 2.24) is 0 Å². The van der Waals surface area contributed by atoms with Crippen LogP contribution in [0.1, 0.15) is 11.6 Å². The van der Waals surface area contributed by atoms with E-state index in [1.165, 1.54) is 7.11 Å². The van der Waals surface area contributed by atoms with Gasteiger partial charge in [-0.15, -0.1) is 0 Å². The molecule has 0 spiro atoms. The molecule has 4 nitrogen and oxygen atoms in total. The smallest absolute Gasteiger partial charge is 0.330 e. The molecule has 6 heteroatoms. The average Bonchev–Trinajstić information content (AvgIpc) is 2.47. The van der Waals surface area contributed by atoms with Gasteiger partial charge in [0, 0.05) is 10.0 Å². The van der Waals surface area contributed by atoms with Crippen molar-refractivity contribution in [3.05, 3.63) is 57.5 Å². The Hall–Kier alpha value is -1.72. The second-order valence-electron chi connectivity index (χ2n) is 4.28. The summed E-state index contributed by atoms with van der Waals surface area (Å²) in [6, 6.07) is 11.2. The predicted octanol–water partition coefficient (Wildman–Crippen LogP) is 4.35. The van der Waals surface area contributed by atoms with Crippen molar-refractivity contribution in [3.8, 4) is 5.75 Å². The van der Waals surface area contributed by atoms with Gasteiger partial charge in [0.25, 0.3) is 0 Å². The van der Waals surface area contributed by atoms with Gasteiger partial charge in [-0.1, -0.05) is 39.7 Å². The van der Waals surface area contributed by atoms with Gasteiger partial charge in [0.2, 0.25) is 0 Å². The normalized spacial score (nSPS) is 11.8. The number of nitrogens with one attached hydrogen (secondary N) is 1. The molecule has 0 saturated carbocycles. The van der Waals surface area contributed by atoms with Crippen molar-refractivity contribution in [2.75, 3.05) is 12.4 Å². The van der Waals surface area contributed by atoms with E-state index in [0.29, 0.717) is 26.5 Å². The Morgan fingerprint density at radius 2 is 2.05 bits per heavy atom. The summed E-state index contributed by atoms with van der Waals surface area (Å²) in [4.78, 5) is 11.6. The maximum absolute atomic E-state index is 11.6. The first kappa shape index (κ1) is 15.7. The first-order valence-corrected chi connectivity index (χ1v) is 7.27. The number of hydrogen-bond donors (Lipinski definition) is 2. The number of halogens is 2. The number of rotatable bonds is 5. The van der Waals surface area contributed by atoms with E-state index in [2.05, 4.69) is 21.2 Å². The molecule has 2 rings (SSSR count). The van der Waals surface area contributed by atoms with Crippen LogP contribution < -0.4 is 10.1 Å². The monoisotopic (exact) mass is 369 g/mol. The highest BCUT2D eigenvalue weighted by Gasteiger charge is 2.23. The average molecular weight is 371 g/mol. The minimum atomic E-state index is -1.01. The molecule has 21 heavy (non-hydrogen) atoms. The Morgan fingerprint density at radius 1 is 1.33 bits per heavy atom. The number of carboxylic acid groups (broad SMARTS) is 1. The minimum absolute atomic E-state index is 0.461. The molecule has 0 heterocycles. The number of anilines is 1. The minimum Gasteiger partial charge on any atom is -0.497 e. The Balaban J connectivity index is 2.40. The van der Waals surface area contributed by atoms with E-state index in [4.69, 9.17) is 16.3 Å². The molecule has 1 unspecified atom stereocenters. The highest BCUT2D eigenvalue weighted by atomic mass is 79.9. The molecular formula is C15H13BrClNO3.